The monoisotopic (exact) mass is 420 g/mol. The Morgan fingerprint density at radius 2 is 1.75 bits per heavy atom. The lowest BCUT2D eigenvalue weighted by atomic mass is 10.1. The van der Waals surface area contributed by atoms with Gasteiger partial charge in [-0.1, -0.05) is 17.2 Å². The van der Waals surface area contributed by atoms with Crippen LogP contribution in [-0.4, -0.2) is 48.2 Å². The molecule has 1 unspecified atom stereocenters. The van der Waals surface area contributed by atoms with Crippen molar-refractivity contribution >= 4 is 39.1 Å². The Balaban J connectivity index is 1.55. The molecule has 1 saturated heterocycles. The summed E-state index contributed by atoms with van der Waals surface area (Å²) in [4.78, 5) is 43.3. The van der Waals surface area contributed by atoms with Gasteiger partial charge in [0.05, 0.1) is 11.1 Å². The van der Waals surface area contributed by atoms with Crippen LogP contribution >= 0.6 is 11.3 Å². The van der Waals surface area contributed by atoms with Gasteiger partial charge in [-0.2, -0.15) is 4.31 Å². The second kappa shape index (κ2) is 6.80. The van der Waals surface area contributed by atoms with Gasteiger partial charge in [-0.15, -0.1) is 11.3 Å². The van der Waals surface area contributed by atoms with E-state index in [1.54, 1.807) is 25.1 Å². The number of amides is 2. The van der Waals surface area contributed by atoms with Gasteiger partial charge in [0.1, 0.15) is 10.3 Å². The highest BCUT2D eigenvalue weighted by atomic mass is 32.2. The predicted molar refractivity (Wildman–Crippen MR) is 99.0 cm³/mol. The average Bonchev–Trinajstić information content (AvgIpc) is 3.38. The van der Waals surface area contributed by atoms with E-state index in [-0.39, 0.29) is 28.3 Å². The third-order valence-electron chi connectivity index (χ3n) is 4.69. The Labute approximate surface area is 165 Å². The molecule has 2 aliphatic heterocycles. The van der Waals surface area contributed by atoms with E-state index in [0.717, 1.165) is 20.5 Å². The van der Waals surface area contributed by atoms with Gasteiger partial charge in [0.15, 0.2) is 0 Å². The first-order valence-electron chi connectivity index (χ1n) is 8.58. The number of hydrogen-bond donors (Lipinski definition) is 0. The molecule has 3 heterocycles. The maximum atomic E-state index is 12.9. The van der Waals surface area contributed by atoms with Crippen LogP contribution in [0.4, 0.5) is 0 Å². The highest BCUT2D eigenvalue weighted by Crippen LogP contribution is 2.31. The molecule has 0 saturated carbocycles. The van der Waals surface area contributed by atoms with Gasteiger partial charge in [-0.25, -0.2) is 13.2 Å². The summed E-state index contributed by atoms with van der Waals surface area (Å²) < 4.78 is 27.0. The van der Waals surface area contributed by atoms with E-state index in [1.165, 1.54) is 18.2 Å². The van der Waals surface area contributed by atoms with Gasteiger partial charge in [0.2, 0.25) is 0 Å². The molecule has 0 spiro atoms. The molecule has 28 heavy (non-hydrogen) atoms. The highest BCUT2D eigenvalue weighted by molar-refractivity contribution is 7.91. The lowest BCUT2D eigenvalue weighted by Crippen LogP contribution is -2.44. The van der Waals surface area contributed by atoms with Gasteiger partial charge in [0, 0.05) is 11.4 Å². The van der Waals surface area contributed by atoms with Gasteiger partial charge in [-0.3, -0.25) is 9.59 Å². The number of carbonyl (C=O) groups is 3. The minimum Gasteiger partial charge on any atom is -0.328 e. The average molecular weight is 420 g/mol. The summed E-state index contributed by atoms with van der Waals surface area (Å²) >= 11 is 1.12. The number of hydroxylamine groups is 2. The first-order valence-corrected chi connectivity index (χ1v) is 10.8. The number of benzene rings is 1. The van der Waals surface area contributed by atoms with Crippen LogP contribution in [0.15, 0.2) is 40.6 Å². The summed E-state index contributed by atoms with van der Waals surface area (Å²) in [5, 5.41) is 0.408. The maximum absolute atomic E-state index is 12.9. The number of rotatable bonds is 4. The third-order valence-corrected chi connectivity index (χ3v) is 8.07. The van der Waals surface area contributed by atoms with Crippen LogP contribution in [0.1, 0.15) is 38.4 Å². The Kier molecular flexibility index (Phi) is 4.56. The van der Waals surface area contributed by atoms with Gasteiger partial charge >= 0.3 is 5.97 Å². The number of hydrogen-bond acceptors (Lipinski definition) is 7. The standard InChI is InChI=1S/C18H16N2O6S2/c1-11-8-9-15(27-11)28(24,25)19-10-4-7-14(19)18(23)26-20-16(21)12-5-2-3-6-13(12)17(20)22/h2-3,5-6,8-9,14H,4,7,10H2,1H3. The fourth-order valence-electron chi connectivity index (χ4n) is 3.33. The molecule has 1 aromatic carbocycles. The molecule has 8 nitrogen and oxygen atoms in total. The number of sulfonamides is 1. The van der Waals surface area contributed by atoms with E-state index >= 15 is 0 Å². The number of carbonyl (C=O) groups excluding carboxylic acids is 3. The maximum Gasteiger partial charge on any atom is 0.351 e. The van der Waals surface area contributed by atoms with Crippen molar-refractivity contribution < 1.29 is 27.6 Å². The molecular weight excluding hydrogens is 404 g/mol. The summed E-state index contributed by atoms with van der Waals surface area (Å²) in [7, 11) is -3.86. The number of fused-ring (bicyclic) bond motifs is 1. The summed E-state index contributed by atoms with van der Waals surface area (Å²) in [5.41, 5.74) is 0.288. The van der Waals surface area contributed by atoms with Crippen LogP contribution in [0.25, 0.3) is 0 Å². The predicted octanol–water partition coefficient (Wildman–Crippen LogP) is 1.96. The molecule has 2 amide bonds. The van der Waals surface area contributed by atoms with E-state index in [0.29, 0.717) is 11.5 Å². The quantitative estimate of drug-likeness (QED) is 0.701. The molecule has 1 aromatic heterocycles. The van der Waals surface area contributed by atoms with E-state index in [9.17, 15) is 22.8 Å². The van der Waals surface area contributed by atoms with Crippen LogP contribution in [0.3, 0.4) is 0 Å². The largest absolute Gasteiger partial charge is 0.351 e. The molecule has 0 aliphatic carbocycles. The summed E-state index contributed by atoms with van der Waals surface area (Å²) in [5.74, 6) is -2.42. The van der Waals surface area contributed by atoms with Gasteiger partial charge in [-0.05, 0) is 44.0 Å². The first kappa shape index (κ1) is 18.8. The molecule has 4 rings (SSSR count). The van der Waals surface area contributed by atoms with Crippen LogP contribution < -0.4 is 0 Å². The van der Waals surface area contributed by atoms with E-state index in [2.05, 4.69) is 0 Å². The van der Waals surface area contributed by atoms with Crippen molar-refractivity contribution in [2.24, 2.45) is 0 Å². The van der Waals surface area contributed by atoms with Gasteiger partial charge in [0.25, 0.3) is 21.8 Å². The molecule has 2 aromatic rings. The summed E-state index contributed by atoms with van der Waals surface area (Å²) in [6.45, 7) is 1.96. The topological polar surface area (TPSA) is 101 Å². The number of thiophene rings is 1. The lowest BCUT2D eigenvalue weighted by Gasteiger charge is -2.23. The molecule has 1 fully saturated rings. The Morgan fingerprint density at radius 1 is 1.11 bits per heavy atom. The minimum atomic E-state index is -3.86. The van der Waals surface area contributed by atoms with Crippen molar-refractivity contribution in [3.63, 3.8) is 0 Å². The molecule has 0 radical (unpaired) electrons. The zero-order chi connectivity index (χ0) is 20.1. The highest BCUT2D eigenvalue weighted by Gasteiger charge is 2.45. The molecule has 0 N–H and O–H groups in total. The Hall–Kier alpha value is -2.56. The Bertz CT molecular complexity index is 1060. The molecule has 2 aliphatic rings. The van der Waals surface area contributed by atoms with Crippen LogP contribution in [0, 0.1) is 6.92 Å². The SMILES string of the molecule is Cc1ccc(S(=O)(=O)N2CCCC2C(=O)ON2C(=O)c3ccccc3C2=O)s1. The van der Waals surface area contributed by atoms with E-state index in [1.807, 2.05) is 0 Å². The fraction of sp³-hybridized carbons (Fsp3) is 0.278. The molecule has 146 valence electrons. The van der Waals surface area contributed by atoms with Crippen molar-refractivity contribution in [2.75, 3.05) is 6.54 Å². The molecular formula is C18H16N2O6S2. The van der Waals surface area contributed by atoms with Crippen LogP contribution in [0.5, 0.6) is 0 Å². The lowest BCUT2D eigenvalue weighted by molar-refractivity contribution is -0.172. The fourth-order valence-corrected chi connectivity index (χ4v) is 6.39. The minimum absolute atomic E-state index is 0.144. The summed E-state index contributed by atoms with van der Waals surface area (Å²) in [6.07, 6.45) is 0.733. The molecule has 1 atom stereocenters. The first-order chi connectivity index (χ1) is 13.3. The second-order valence-electron chi connectivity index (χ2n) is 6.50. The van der Waals surface area contributed by atoms with Crippen molar-refractivity contribution in [3.05, 3.63) is 52.4 Å². The third kappa shape index (κ3) is 2.93. The number of imide groups is 1. The van der Waals surface area contributed by atoms with E-state index < -0.39 is 33.8 Å². The van der Waals surface area contributed by atoms with Crippen molar-refractivity contribution in [1.82, 2.24) is 9.37 Å². The van der Waals surface area contributed by atoms with Gasteiger partial charge < -0.3 is 4.84 Å². The van der Waals surface area contributed by atoms with Crippen molar-refractivity contribution in [2.45, 2.75) is 30.0 Å². The van der Waals surface area contributed by atoms with Crippen LogP contribution in [-0.2, 0) is 19.7 Å². The number of nitrogens with zero attached hydrogens (tertiary/aromatic N) is 2. The number of aryl methyl sites for hydroxylation is 1. The smallest absolute Gasteiger partial charge is 0.328 e. The second-order valence-corrected chi connectivity index (χ2v) is 9.90. The summed E-state index contributed by atoms with van der Waals surface area (Å²) in [6, 6.07) is 8.24. The molecule has 0 bridgehead atoms. The zero-order valence-electron chi connectivity index (χ0n) is 14.8. The van der Waals surface area contributed by atoms with E-state index in [4.69, 9.17) is 4.84 Å². The normalized spacial score (nSPS) is 19.9. The van der Waals surface area contributed by atoms with Crippen LogP contribution in [0.2, 0.25) is 0 Å². The van der Waals surface area contributed by atoms with Crippen molar-refractivity contribution in [1.29, 1.82) is 0 Å². The molecule has 10 heteroatoms. The zero-order valence-corrected chi connectivity index (χ0v) is 16.5. The Morgan fingerprint density at radius 3 is 2.32 bits per heavy atom. The van der Waals surface area contributed by atoms with Crippen molar-refractivity contribution in [3.8, 4) is 0 Å².